The zero-order valence-electron chi connectivity index (χ0n) is 12.1. The zero-order chi connectivity index (χ0) is 14.3. The van der Waals surface area contributed by atoms with Crippen LogP contribution in [0, 0.1) is 0 Å². The number of amides is 1. The van der Waals surface area contributed by atoms with Gasteiger partial charge in [-0.25, -0.2) is 0 Å². The molecule has 0 saturated heterocycles. The van der Waals surface area contributed by atoms with Crippen molar-refractivity contribution in [1.82, 2.24) is 5.32 Å². The normalized spacial score (nSPS) is 10.2. The van der Waals surface area contributed by atoms with E-state index in [0.717, 1.165) is 38.5 Å². The fourth-order valence-electron chi connectivity index (χ4n) is 1.96. The summed E-state index contributed by atoms with van der Waals surface area (Å²) in [7, 11) is 0. The van der Waals surface area contributed by atoms with E-state index < -0.39 is 0 Å². The Labute approximate surface area is 116 Å². The highest BCUT2D eigenvalue weighted by Crippen LogP contribution is 2.10. The number of rotatable bonds is 13. The van der Waals surface area contributed by atoms with Crippen LogP contribution in [0.25, 0.3) is 0 Å². The summed E-state index contributed by atoms with van der Waals surface area (Å²) in [5.74, 6) is 0.254. The van der Waals surface area contributed by atoms with Gasteiger partial charge < -0.3 is 14.9 Å². The number of Topliss-reactive ketones (excluding diaryl/α,β-unsaturated/α-hetero) is 1. The van der Waals surface area contributed by atoms with Crippen molar-refractivity contribution < 1.29 is 14.4 Å². The summed E-state index contributed by atoms with van der Waals surface area (Å²) < 4.78 is 0. The molecule has 4 heteroatoms. The van der Waals surface area contributed by atoms with Crippen LogP contribution in [0.1, 0.15) is 71.1 Å². The zero-order valence-corrected chi connectivity index (χ0v) is 12.1. The molecule has 0 unspecified atom stereocenters. The van der Waals surface area contributed by atoms with E-state index in [1.165, 1.54) is 19.3 Å². The molecule has 0 aromatic carbocycles. The monoisotopic (exact) mass is 269 g/mol. The van der Waals surface area contributed by atoms with Gasteiger partial charge in [-0.15, -0.1) is 0 Å². The van der Waals surface area contributed by atoms with Crippen molar-refractivity contribution in [2.45, 2.75) is 71.1 Å². The molecule has 0 radical (unpaired) electrons. The minimum Gasteiger partial charge on any atom is -0.349 e. The Morgan fingerprint density at radius 3 is 1.79 bits per heavy atom. The fraction of sp³-hybridized carbons (Fsp3) is 0.800. The third-order valence-electron chi connectivity index (χ3n) is 3.07. The van der Waals surface area contributed by atoms with Crippen molar-refractivity contribution in [1.29, 1.82) is 0 Å². The van der Waals surface area contributed by atoms with Gasteiger partial charge in [0.25, 0.3) is 0 Å². The number of nitrogens with one attached hydrogen (secondary N) is 1. The molecule has 0 saturated carbocycles. The van der Waals surface area contributed by atoms with E-state index in [0.29, 0.717) is 12.7 Å². The summed E-state index contributed by atoms with van der Waals surface area (Å²) in [5.41, 5.74) is 0. The predicted molar refractivity (Wildman–Crippen MR) is 75.9 cm³/mol. The third-order valence-corrected chi connectivity index (χ3v) is 3.07. The van der Waals surface area contributed by atoms with Crippen LogP contribution in [0.5, 0.6) is 0 Å². The van der Waals surface area contributed by atoms with E-state index in [-0.39, 0.29) is 18.2 Å². The number of aldehydes is 1. The molecule has 0 aliphatic heterocycles. The molecule has 0 aliphatic carbocycles. The first kappa shape index (κ1) is 17.8. The average molecular weight is 269 g/mol. The van der Waals surface area contributed by atoms with Gasteiger partial charge in [0, 0.05) is 12.8 Å². The van der Waals surface area contributed by atoms with Crippen LogP contribution in [0.3, 0.4) is 0 Å². The smallest absolute Gasteiger partial charge is 0.220 e. The highest BCUT2D eigenvalue weighted by molar-refractivity contribution is 5.78. The summed E-state index contributed by atoms with van der Waals surface area (Å²) in [6.07, 6.45) is 10.9. The molecule has 19 heavy (non-hydrogen) atoms. The van der Waals surface area contributed by atoms with Crippen LogP contribution in [-0.4, -0.2) is 24.5 Å². The topological polar surface area (TPSA) is 63.2 Å². The SMILES string of the molecule is CC(=O)CCCCCCCCCCC(=O)NCC=O. The Balaban J connectivity index is 3.12. The van der Waals surface area contributed by atoms with Crippen LogP contribution in [-0.2, 0) is 14.4 Å². The van der Waals surface area contributed by atoms with E-state index >= 15 is 0 Å². The Kier molecular flexibility index (Phi) is 12.4. The number of hydrogen-bond donors (Lipinski definition) is 1. The molecule has 0 aromatic rings. The minimum absolute atomic E-state index is 0.0312. The number of carbonyl (C=O) groups excluding carboxylic acids is 3. The molecule has 0 aliphatic rings. The lowest BCUT2D eigenvalue weighted by molar-refractivity contribution is -0.122. The average Bonchev–Trinajstić information content (AvgIpc) is 2.38. The molecule has 0 rings (SSSR count). The van der Waals surface area contributed by atoms with Gasteiger partial charge >= 0.3 is 0 Å². The van der Waals surface area contributed by atoms with Crippen LogP contribution in [0.4, 0.5) is 0 Å². The largest absolute Gasteiger partial charge is 0.349 e. The van der Waals surface area contributed by atoms with E-state index in [2.05, 4.69) is 5.32 Å². The quantitative estimate of drug-likeness (QED) is 0.413. The van der Waals surface area contributed by atoms with E-state index in [1.807, 2.05) is 0 Å². The van der Waals surface area contributed by atoms with E-state index in [9.17, 15) is 14.4 Å². The molecule has 110 valence electrons. The second-order valence-electron chi connectivity index (χ2n) is 5.00. The van der Waals surface area contributed by atoms with Gasteiger partial charge in [-0.05, 0) is 19.8 Å². The van der Waals surface area contributed by atoms with Gasteiger partial charge in [0.1, 0.15) is 12.1 Å². The Morgan fingerprint density at radius 1 is 0.842 bits per heavy atom. The second-order valence-corrected chi connectivity index (χ2v) is 5.00. The second kappa shape index (κ2) is 13.2. The molecular weight excluding hydrogens is 242 g/mol. The minimum atomic E-state index is -0.0312. The molecule has 0 bridgehead atoms. The first-order valence-electron chi connectivity index (χ1n) is 7.36. The van der Waals surface area contributed by atoms with Gasteiger partial charge in [-0.1, -0.05) is 38.5 Å². The summed E-state index contributed by atoms with van der Waals surface area (Å²) in [4.78, 5) is 31.9. The van der Waals surface area contributed by atoms with Crippen LogP contribution < -0.4 is 5.32 Å². The number of carbonyl (C=O) groups is 3. The van der Waals surface area contributed by atoms with Crippen LogP contribution in [0.2, 0.25) is 0 Å². The number of ketones is 1. The fourth-order valence-corrected chi connectivity index (χ4v) is 1.96. The lowest BCUT2D eigenvalue weighted by Crippen LogP contribution is -2.24. The van der Waals surface area contributed by atoms with Gasteiger partial charge in [-0.3, -0.25) is 4.79 Å². The Bertz CT molecular complexity index is 264. The maximum Gasteiger partial charge on any atom is 0.220 e. The predicted octanol–water partition coefficient (Wildman–Crippen LogP) is 2.79. The first-order chi connectivity index (χ1) is 9.16. The van der Waals surface area contributed by atoms with E-state index in [4.69, 9.17) is 0 Å². The number of unbranched alkanes of at least 4 members (excludes halogenated alkanes) is 7. The molecular formula is C15H27NO3. The summed E-state index contributed by atoms with van der Waals surface area (Å²) in [5, 5.41) is 2.53. The summed E-state index contributed by atoms with van der Waals surface area (Å²) in [6.45, 7) is 1.77. The maximum absolute atomic E-state index is 11.2. The Morgan fingerprint density at radius 2 is 1.32 bits per heavy atom. The first-order valence-corrected chi connectivity index (χ1v) is 7.36. The Hall–Kier alpha value is -1.19. The lowest BCUT2D eigenvalue weighted by atomic mass is 10.1. The van der Waals surface area contributed by atoms with Crippen molar-refractivity contribution in [2.24, 2.45) is 0 Å². The van der Waals surface area contributed by atoms with Crippen LogP contribution in [0.15, 0.2) is 0 Å². The van der Waals surface area contributed by atoms with Crippen molar-refractivity contribution in [3.63, 3.8) is 0 Å². The lowest BCUT2D eigenvalue weighted by Gasteiger charge is -2.02. The van der Waals surface area contributed by atoms with Gasteiger partial charge in [0.15, 0.2) is 0 Å². The maximum atomic E-state index is 11.2. The van der Waals surface area contributed by atoms with Gasteiger partial charge in [0.05, 0.1) is 6.54 Å². The van der Waals surface area contributed by atoms with Crippen molar-refractivity contribution in [3.05, 3.63) is 0 Å². The highest BCUT2D eigenvalue weighted by Gasteiger charge is 1.99. The molecule has 0 atom stereocenters. The molecule has 0 aromatic heterocycles. The molecule has 0 spiro atoms. The highest BCUT2D eigenvalue weighted by atomic mass is 16.2. The summed E-state index contributed by atoms with van der Waals surface area (Å²) >= 11 is 0. The molecule has 0 heterocycles. The van der Waals surface area contributed by atoms with Crippen LogP contribution >= 0.6 is 0 Å². The van der Waals surface area contributed by atoms with Crippen molar-refractivity contribution in [3.8, 4) is 0 Å². The third kappa shape index (κ3) is 14.8. The van der Waals surface area contributed by atoms with Gasteiger partial charge in [-0.2, -0.15) is 0 Å². The number of hydrogen-bond acceptors (Lipinski definition) is 3. The standard InChI is InChI=1S/C15H27NO3/c1-14(18)10-8-6-4-2-3-5-7-9-11-15(19)16-12-13-17/h13H,2-12H2,1H3,(H,16,19). The van der Waals surface area contributed by atoms with Crippen molar-refractivity contribution in [2.75, 3.05) is 6.54 Å². The van der Waals surface area contributed by atoms with E-state index in [1.54, 1.807) is 6.92 Å². The molecule has 1 amide bonds. The van der Waals surface area contributed by atoms with Gasteiger partial charge in [0.2, 0.25) is 5.91 Å². The molecule has 1 N–H and O–H groups in total. The molecule has 0 fully saturated rings. The molecule has 4 nitrogen and oxygen atoms in total. The van der Waals surface area contributed by atoms with Crippen molar-refractivity contribution >= 4 is 18.0 Å². The summed E-state index contributed by atoms with van der Waals surface area (Å²) in [6, 6.07) is 0.